The van der Waals surface area contributed by atoms with Crippen LogP contribution in [0.15, 0.2) is 0 Å². The molecule has 1 fully saturated rings. The molecule has 1 aliphatic rings. The molecule has 3 atom stereocenters. The molecular weight excluding hydrogens is 369 g/mol. The normalized spacial score (nSPS) is 31.3. The summed E-state index contributed by atoms with van der Waals surface area (Å²) in [5, 5.41) is 0.520. The van der Waals surface area contributed by atoms with Gasteiger partial charge in [-0.05, 0) is 43.7 Å². The summed E-state index contributed by atoms with van der Waals surface area (Å²) < 4.78 is 0. The third-order valence-corrected chi connectivity index (χ3v) is 8.23. The Balaban J connectivity index is 2.37. The predicted molar refractivity (Wildman–Crippen MR) is 99.1 cm³/mol. The molecule has 2 radical (unpaired) electrons. The standard InChI is InChI=1S/C14H27BIPS/c1-11(15)10-14(18)12-6-2-4-8-13(17-16)9-5-3-7-12/h11-14,17-18H,2-10H2,1H3. The van der Waals surface area contributed by atoms with Crippen LogP contribution in [-0.2, 0) is 0 Å². The zero-order chi connectivity index (χ0) is 13.4. The van der Waals surface area contributed by atoms with E-state index in [0.717, 1.165) is 24.2 Å². The summed E-state index contributed by atoms with van der Waals surface area (Å²) in [6, 6.07) is 0. The molecule has 0 aromatic carbocycles. The van der Waals surface area contributed by atoms with E-state index in [0.29, 0.717) is 11.1 Å². The molecular formula is C14H27BIPS. The third-order valence-electron chi connectivity index (χ3n) is 4.07. The topological polar surface area (TPSA) is 0 Å². The van der Waals surface area contributed by atoms with Crippen LogP contribution in [0.25, 0.3) is 0 Å². The molecule has 104 valence electrons. The van der Waals surface area contributed by atoms with Gasteiger partial charge >= 0.3 is 0 Å². The summed E-state index contributed by atoms with van der Waals surface area (Å²) in [7, 11) is 5.91. The van der Waals surface area contributed by atoms with Gasteiger partial charge in [-0.1, -0.05) is 66.7 Å². The highest BCUT2D eigenvalue weighted by atomic mass is 127. The average molecular weight is 396 g/mol. The Morgan fingerprint density at radius 1 is 1.17 bits per heavy atom. The van der Waals surface area contributed by atoms with Crippen molar-refractivity contribution < 1.29 is 0 Å². The summed E-state index contributed by atoms with van der Waals surface area (Å²) in [5.74, 6) is 1.10. The van der Waals surface area contributed by atoms with Crippen LogP contribution in [0.3, 0.4) is 0 Å². The van der Waals surface area contributed by atoms with Gasteiger partial charge in [0, 0.05) is 5.25 Å². The summed E-state index contributed by atoms with van der Waals surface area (Å²) in [6.07, 6.45) is 13.5. The number of hydrogen-bond acceptors (Lipinski definition) is 1. The van der Waals surface area contributed by atoms with E-state index in [-0.39, 0.29) is 0 Å². The average Bonchev–Trinajstić information content (AvgIpc) is 2.34. The molecule has 1 rings (SSSR count). The van der Waals surface area contributed by atoms with Crippen LogP contribution in [0, 0.1) is 5.92 Å². The summed E-state index contributed by atoms with van der Waals surface area (Å²) >= 11 is 7.40. The van der Waals surface area contributed by atoms with Crippen LogP contribution in [0.1, 0.15) is 64.7 Å². The van der Waals surface area contributed by atoms with Crippen LogP contribution in [0.4, 0.5) is 0 Å². The number of hydrogen-bond donors (Lipinski definition) is 1. The Labute approximate surface area is 135 Å². The number of thiol groups is 1. The van der Waals surface area contributed by atoms with Gasteiger partial charge in [-0.3, -0.25) is 0 Å². The van der Waals surface area contributed by atoms with Gasteiger partial charge in [0.2, 0.25) is 0 Å². The van der Waals surface area contributed by atoms with Crippen LogP contribution < -0.4 is 0 Å². The molecule has 0 nitrogen and oxygen atoms in total. The number of halogens is 1. The van der Waals surface area contributed by atoms with Gasteiger partial charge in [-0.15, -0.1) is 0 Å². The third kappa shape index (κ3) is 7.38. The molecule has 18 heavy (non-hydrogen) atoms. The second-order valence-electron chi connectivity index (χ2n) is 5.92. The monoisotopic (exact) mass is 396 g/mol. The predicted octanol–water partition coefficient (Wildman–Crippen LogP) is 5.80. The zero-order valence-electron chi connectivity index (χ0n) is 11.6. The second kappa shape index (κ2) is 10.3. The Kier molecular flexibility index (Phi) is 10.1. The fourth-order valence-electron chi connectivity index (χ4n) is 2.95. The molecule has 0 N–H and O–H groups in total. The molecule has 0 amide bonds. The molecule has 1 aliphatic carbocycles. The van der Waals surface area contributed by atoms with Crippen LogP contribution >= 0.6 is 40.9 Å². The van der Waals surface area contributed by atoms with E-state index in [2.05, 4.69) is 29.0 Å². The minimum absolute atomic E-state index is 0.299. The maximum Gasteiger partial charge on any atom is 0.0696 e. The van der Waals surface area contributed by atoms with E-state index < -0.39 is 0 Å². The molecule has 0 heterocycles. The van der Waals surface area contributed by atoms with E-state index in [1.807, 2.05) is 0 Å². The molecule has 4 heteroatoms. The van der Waals surface area contributed by atoms with Crippen molar-refractivity contribution >= 4 is 48.7 Å². The highest BCUT2D eigenvalue weighted by Gasteiger charge is 2.20. The lowest BCUT2D eigenvalue weighted by Gasteiger charge is -2.26. The first-order chi connectivity index (χ1) is 8.63. The van der Waals surface area contributed by atoms with E-state index in [1.54, 1.807) is 0 Å². The van der Waals surface area contributed by atoms with E-state index >= 15 is 0 Å². The first kappa shape index (κ1) is 17.6. The van der Waals surface area contributed by atoms with Gasteiger partial charge in [0.15, 0.2) is 0 Å². The first-order valence-electron chi connectivity index (χ1n) is 7.43. The van der Waals surface area contributed by atoms with Crippen LogP contribution in [-0.4, -0.2) is 18.8 Å². The lowest BCUT2D eigenvalue weighted by atomic mass is 9.80. The molecule has 0 bridgehead atoms. The van der Waals surface area contributed by atoms with Crippen molar-refractivity contribution in [2.75, 3.05) is 0 Å². The molecule has 0 aromatic heterocycles. The Hall–Kier alpha value is 1.57. The van der Waals surface area contributed by atoms with Crippen molar-refractivity contribution in [3.05, 3.63) is 0 Å². The molecule has 0 spiro atoms. The Morgan fingerprint density at radius 3 is 2.11 bits per heavy atom. The fraction of sp³-hybridized carbons (Fsp3) is 1.00. The maximum absolute atomic E-state index is 5.91. The first-order valence-corrected chi connectivity index (χ1v) is 12.1. The van der Waals surface area contributed by atoms with E-state index in [1.165, 1.54) is 51.4 Å². The van der Waals surface area contributed by atoms with Gasteiger partial charge in [-0.2, -0.15) is 12.6 Å². The quantitative estimate of drug-likeness (QED) is 0.264. The van der Waals surface area contributed by atoms with Gasteiger partial charge in [0.05, 0.1) is 7.85 Å². The van der Waals surface area contributed by atoms with Crippen molar-refractivity contribution in [2.45, 2.75) is 81.4 Å². The summed E-state index contributed by atoms with van der Waals surface area (Å²) in [5.41, 5.74) is 1.01. The largest absolute Gasteiger partial charge is 0.176 e. The van der Waals surface area contributed by atoms with Gasteiger partial charge in [0.25, 0.3) is 0 Å². The molecule has 0 aromatic rings. The van der Waals surface area contributed by atoms with Crippen LogP contribution in [0.2, 0.25) is 5.82 Å². The van der Waals surface area contributed by atoms with Crippen molar-refractivity contribution in [3.8, 4) is 0 Å². The Bertz CT molecular complexity index is 204. The van der Waals surface area contributed by atoms with Crippen LogP contribution in [0.5, 0.6) is 0 Å². The van der Waals surface area contributed by atoms with Gasteiger partial charge < -0.3 is 0 Å². The van der Waals surface area contributed by atoms with Gasteiger partial charge in [0.1, 0.15) is 0 Å². The SMILES string of the molecule is [B]C(C)CC(S)C1CCCCC(PI)CCCC1. The minimum Gasteiger partial charge on any atom is -0.176 e. The summed E-state index contributed by atoms with van der Waals surface area (Å²) in [4.78, 5) is 0. The molecule has 3 unspecified atom stereocenters. The molecule has 0 aliphatic heterocycles. The maximum atomic E-state index is 5.91. The smallest absolute Gasteiger partial charge is 0.0696 e. The molecule has 0 saturated heterocycles. The Morgan fingerprint density at radius 2 is 1.67 bits per heavy atom. The summed E-state index contributed by atoms with van der Waals surface area (Å²) in [6.45, 7) is 2.11. The van der Waals surface area contributed by atoms with Crippen molar-refractivity contribution in [1.29, 1.82) is 0 Å². The van der Waals surface area contributed by atoms with E-state index in [9.17, 15) is 0 Å². The van der Waals surface area contributed by atoms with Crippen molar-refractivity contribution in [1.82, 2.24) is 0 Å². The van der Waals surface area contributed by atoms with Crippen molar-refractivity contribution in [2.24, 2.45) is 5.92 Å². The van der Waals surface area contributed by atoms with E-state index in [4.69, 9.17) is 20.5 Å². The minimum atomic E-state index is 0.299. The number of rotatable bonds is 4. The second-order valence-corrected chi connectivity index (χ2v) is 9.48. The highest BCUT2D eigenvalue weighted by Crippen LogP contribution is 2.37. The van der Waals surface area contributed by atoms with Crippen molar-refractivity contribution in [3.63, 3.8) is 0 Å². The highest BCUT2D eigenvalue weighted by molar-refractivity contribution is 14.2. The fourth-order valence-corrected chi connectivity index (χ4v) is 6.08. The lowest BCUT2D eigenvalue weighted by Crippen LogP contribution is -2.18. The lowest BCUT2D eigenvalue weighted by molar-refractivity contribution is 0.372. The molecule has 1 saturated carbocycles. The zero-order valence-corrected chi connectivity index (χ0v) is 15.6. The van der Waals surface area contributed by atoms with Gasteiger partial charge in [-0.25, -0.2) is 0 Å².